The molecule has 188 valence electrons. The van der Waals surface area contributed by atoms with Crippen LogP contribution in [-0.2, 0) is 17.6 Å². The van der Waals surface area contributed by atoms with Crippen LogP contribution < -0.4 is 20.3 Å². The smallest absolute Gasteiger partial charge is 0.305 e. The third-order valence-corrected chi connectivity index (χ3v) is 6.13. The fourth-order valence-corrected chi connectivity index (χ4v) is 4.16. The number of aliphatic carboxylic acids is 1. The molecule has 0 amide bonds. The zero-order chi connectivity index (χ0) is 25.5. The van der Waals surface area contributed by atoms with E-state index >= 15 is 0 Å². The van der Waals surface area contributed by atoms with Gasteiger partial charge < -0.3 is 30.8 Å². The van der Waals surface area contributed by atoms with Gasteiger partial charge in [0, 0.05) is 56.4 Å². The second-order valence-electron chi connectivity index (χ2n) is 9.00. The van der Waals surface area contributed by atoms with Crippen LogP contribution in [0.1, 0.15) is 41.3 Å². The summed E-state index contributed by atoms with van der Waals surface area (Å²) in [5, 5.41) is 24.0. The Morgan fingerprint density at radius 2 is 2.14 bits per heavy atom. The van der Waals surface area contributed by atoms with Gasteiger partial charge in [-0.25, -0.2) is 4.98 Å². The van der Waals surface area contributed by atoms with Crippen LogP contribution in [0.15, 0.2) is 48.8 Å². The standard InChI is InChI=1S/C27H32N6O3/c1-33(2)22-12-20(16-29-17-22)25(14-26(34)35)32-24-8-7-23(13-19(24)15-28)36-11-9-21-6-5-18-4-3-10-30-27(18)31-21/h5-8,12-13,15-17,25,28,32H,3-4,9-11,14H2,1-2H3,(H,30,31)(H,34,35). The largest absolute Gasteiger partial charge is 0.493 e. The van der Waals surface area contributed by atoms with Crippen LogP contribution in [0, 0.1) is 5.41 Å². The molecule has 2 aromatic heterocycles. The highest BCUT2D eigenvalue weighted by Gasteiger charge is 2.18. The Bertz CT molecular complexity index is 1230. The van der Waals surface area contributed by atoms with Crippen molar-refractivity contribution in [2.75, 3.05) is 42.8 Å². The maximum absolute atomic E-state index is 11.6. The highest BCUT2D eigenvalue weighted by Crippen LogP contribution is 2.29. The van der Waals surface area contributed by atoms with Gasteiger partial charge in [-0.2, -0.15) is 0 Å². The van der Waals surface area contributed by atoms with E-state index < -0.39 is 12.0 Å². The topological polar surface area (TPSA) is 123 Å². The molecule has 0 aliphatic carbocycles. The minimum Gasteiger partial charge on any atom is -0.493 e. The maximum atomic E-state index is 11.6. The number of pyridine rings is 2. The third kappa shape index (κ3) is 6.29. The average Bonchev–Trinajstić information content (AvgIpc) is 2.88. The van der Waals surface area contributed by atoms with Gasteiger partial charge in [0.15, 0.2) is 0 Å². The quantitative estimate of drug-likeness (QED) is 0.297. The van der Waals surface area contributed by atoms with Crippen molar-refractivity contribution in [1.82, 2.24) is 9.97 Å². The van der Waals surface area contributed by atoms with E-state index in [4.69, 9.17) is 15.1 Å². The summed E-state index contributed by atoms with van der Waals surface area (Å²) in [6.07, 6.45) is 7.36. The molecule has 0 spiro atoms. The van der Waals surface area contributed by atoms with Crippen LogP contribution in [0.2, 0.25) is 0 Å². The van der Waals surface area contributed by atoms with Gasteiger partial charge in [0.1, 0.15) is 11.6 Å². The summed E-state index contributed by atoms with van der Waals surface area (Å²) in [5.41, 5.74) is 5.13. The third-order valence-electron chi connectivity index (χ3n) is 6.13. The summed E-state index contributed by atoms with van der Waals surface area (Å²) in [6.45, 7) is 1.41. The van der Waals surface area contributed by atoms with E-state index in [1.54, 1.807) is 18.5 Å². The van der Waals surface area contributed by atoms with Crippen molar-refractivity contribution in [3.8, 4) is 5.75 Å². The highest BCUT2D eigenvalue weighted by molar-refractivity contribution is 5.87. The van der Waals surface area contributed by atoms with Gasteiger partial charge in [0.2, 0.25) is 0 Å². The lowest BCUT2D eigenvalue weighted by atomic mass is 10.0. The number of hydrogen-bond donors (Lipinski definition) is 4. The molecule has 1 unspecified atom stereocenters. The number of ether oxygens (including phenoxy) is 1. The average molecular weight is 489 g/mol. The molecule has 0 fully saturated rings. The number of benzene rings is 1. The number of fused-ring (bicyclic) bond motifs is 1. The van der Waals surface area contributed by atoms with Crippen LogP contribution >= 0.6 is 0 Å². The molecule has 1 aliphatic heterocycles. The molecular weight excluding hydrogens is 456 g/mol. The van der Waals surface area contributed by atoms with Gasteiger partial charge in [-0.15, -0.1) is 0 Å². The number of anilines is 3. The molecule has 4 N–H and O–H groups in total. The van der Waals surface area contributed by atoms with Gasteiger partial charge in [0.25, 0.3) is 0 Å². The maximum Gasteiger partial charge on any atom is 0.305 e. The number of rotatable bonds is 11. The summed E-state index contributed by atoms with van der Waals surface area (Å²) in [4.78, 5) is 22.5. The number of carboxylic acid groups (broad SMARTS) is 1. The van der Waals surface area contributed by atoms with Crippen molar-refractivity contribution < 1.29 is 14.6 Å². The van der Waals surface area contributed by atoms with E-state index in [1.807, 2.05) is 43.3 Å². The Morgan fingerprint density at radius 1 is 1.28 bits per heavy atom. The second kappa shape index (κ2) is 11.5. The Labute approximate surface area is 211 Å². The molecule has 9 nitrogen and oxygen atoms in total. The first-order chi connectivity index (χ1) is 17.4. The van der Waals surface area contributed by atoms with Crippen LogP contribution in [-0.4, -0.2) is 54.5 Å². The van der Waals surface area contributed by atoms with E-state index in [0.717, 1.165) is 42.1 Å². The van der Waals surface area contributed by atoms with Crippen molar-refractivity contribution in [3.63, 3.8) is 0 Å². The summed E-state index contributed by atoms with van der Waals surface area (Å²) in [6, 6.07) is 11.0. The van der Waals surface area contributed by atoms with Gasteiger partial charge in [-0.1, -0.05) is 6.07 Å². The SMILES string of the molecule is CN(C)c1cncc(C(CC(=O)O)Nc2ccc(OCCc3ccc4c(n3)NCCC4)cc2C=N)c1. The molecular formula is C27H32N6O3. The summed E-state index contributed by atoms with van der Waals surface area (Å²) >= 11 is 0. The number of carbonyl (C=O) groups is 1. The molecule has 3 aromatic rings. The molecule has 36 heavy (non-hydrogen) atoms. The molecule has 0 saturated carbocycles. The monoisotopic (exact) mass is 488 g/mol. The summed E-state index contributed by atoms with van der Waals surface area (Å²) in [5.74, 6) is 0.689. The fraction of sp³-hybridized carbons (Fsp3) is 0.333. The molecule has 1 aromatic carbocycles. The first-order valence-electron chi connectivity index (χ1n) is 12.0. The van der Waals surface area contributed by atoms with Crippen LogP contribution in [0.4, 0.5) is 17.2 Å². The zero-order valence-electron chi connectivity index (χ0n) is 20.6. The Hall–Kier alpha value is -4.14. The second-order valence-corrected chi connectivity index (χ2v) is 9.00. The van der Waals surface area contributed by atoms with Crippen molar-refractivity contribution in [1.29, 1.82) is 5.41 Å². The molecule has 0 saturated heterocycles. The number of nitrogens with one attached hydrogen (secondary N) is 3. The van der Waals surface area contributed by atoms with Gasteiger partial charge in [-0.05, 0) is 54.3 Å². The number of aromatic nitrogens is 2. The number of carboxylic acids is 1. The lowest BCUT2D eigenvalue weighted by Gasteiger charge is -2.22. The lowest BCUT2D eigenvalue weighted by Crippen LogP contribution is -2.17. The van der Waals surface area contributed by atoms with Crippen LogP contribution in [0.5, 0.6) is 5.75 Å². The number of nitrogens with zero attached hydrogens (tertiary/aromatic N) is 3. The van der Waals surface area contributed by atoms with Crippen LogP contribution in [0.25, 0.3) is 0 Å². The molecule has 1 atom stereocenters. The zero-order valence-corrected chi connectivity index (χ0v) is 20.6. The molecule has 1 aliphatic rings. The minimum absolute atomic E-state index is 0.128. The minimum atomic E-state index is -0.926. The van der Waals surface area contributed by atoms with Gasteiger partial charge in [-0.3, -0.25) is 9.78 Å². The van der Waals surface area contributed by atoms with Crippen molar-refractivity contribution in [2.24, 2.45) is 0 Å². The molecule has 9 heteroatoms. The summed E-state index contributed by atoms with van der Waals surface area (Å²) < 4.78 is 5.95. The van der Waals surface area contributed by atoms with Crippen molar-refractivity contribution in [2.45, 2.75) is 31.7 Å². The molecule has 0 bridgehead atoms. The first-order valence-corrected chi connectivity index (χ1v) is 12.0. The molecule has 0 radical (unpaired) electrons. The molecule has 3 heterocycles. The van der Waals surface area contributed by atoms with Gasteiger partial charge >= 0.3 is 5.97 Å². The predicted molar refractivity (Wildman–Crippen MR) is 142 cm³/mol. The normalized spacial score (nSPS) is 13.2. The van der Waals surface area contributed by atoms with E-state index in [9.17, 15) is 9.90 Å². The Morgan fingerprint density at radius 3 is 2.92 bits per heavy atom. The summed E-state index contributed by atoms with van der Waals surface area (Å²) in [7, 11) is 3.82. The first kappa shape index (κ1) is 25.0. The van der Waals surface area contributed by atoms with E-state index in [0.29, 0.717) is 30.0 Å². The van der Waals surface area contributed by atoms with Crippen molar-refractivity contribution >= 4 is 29.4 Å². The molecule has 4 rings (SSSR count). The van der Waals surface area contributed by atoms with Crippen molar-refractivity contribution in [3.05, 3.63) is 71.2 Å². The highest BCUT2D eigenvalue weighted by atomic mass is 16.5. The number of hydrogen-bond acceptors (Lipinski definition) is 8. The predicted octanol–water partition coefficient (Wildman–Crippen LogP) is 4.15. The van der Waals surface area contributed by atoms with E-state index in [-0.39, 0.29) is 6.42 Å². The van der Waals surface area contributed by atoms with Crippen LogP contribution in [0.3, 0.4) is 0 Å². The van der Waals surface area contributed by atoms with E-state index in [2.05, 4.69) is 21.7 Å². The van der Waals surface area contributed by atoms with Gasteiger partial charge in [0.05, 0.1) is 31.0 Å². The lowest BCUT2D eigenvalue weighted by molar-refractivity contribution is -0.137. The Balaban J connectivity index is 1.44. The van der Waals surface area contributed by atoms with E-state index in [1.165, 1.54) is 11.8 Å². The number of aryl methyl sites for hydroxylation is 1. The Kier molecular flexibility index (Phi) is 7.99. The fourth-order valence-electron chi connectivity index (χ4n) is 4.16.